The molecule has 1 aromatic rings. The van der Waals surface area contributed by atoms with Gasteiger partial charge < -0.3 is 21.1 Å². The number of carbonyl (C=O) groups excluding carboxylic acids is 1. The summed E-state index contributed by atoms with van der Waals surface area (Å²) in [6.07, 6.45) is 6.64. The topological polar surface area (TPSA) is 92.0 Å². The highest BCUT2D eigenvalue weighted by molar-refractivity contribution is 14.0. The zero-order valence-corrected chi connectivity index (χ0v) is 19.6. The number of aliphatic imine (C=N–C) groups is 1. The predicted octanol–water partition coefficient (Wildman–Crippen LogP) is 2.24. The first-order valence-electron chi connectivity index (χ1n) is 10.4. The second kappa shape index (κ2) is 12.2. The van der Waals surface area contributed by atoms with Crippen LogP contribution >= 0.6 is 24.0 Å². The van der Waals surface area contributed by atoms with E-state index in [4.69, 9.17) is 15.5 Å². The largest absolute Gasteiger partial charge is 0.484 e. The molecular weight excluding hydrogens is 481 g/mol. The molecule has 0 spiro atoms. The van der Waals surface area contributed by atoms with Crippen LogP contribution in [-0.4, -0.2) is 55.1 Å². The van der Waals surface area contributed by atoms with Crippen molar-refractivity contribution in [2.45, 2.75) is 57.7 Å². The third-order valence-electron chi connectivity index (χ3n) is 5.45. The lowest BCUT2D eigenvalue weighted by Gasteiger charge is -2.24. The van der Waals surface area contributed by atoms with E-state index in [1.165, 1.54) is 32.2 Å². The highest BCUT2D eigenvalue weighted by Crippen LogP contribution is 2.26. The van der Waals surface area contributed by atoms with Crippen LogP contribution < -0.4 is 21.1 Å². The summed E-state index contributed by atoms with van der Waals surface area (Å²) >= 11 is 0. The molecule has 1 aliphatic carbocycles. The van der Waals surface area contributed by atoms with Crippen molar-refractivity contribution in [3.63, 3.8) is 0 Å². The molecule has 29 heavy (non-hydrogen) atoms. The van der Waals surface area contributed by atoms with E-state index >= 15 is 0 Å². The molecule has 1 heterocycles. The molecule has 2 aliphatic rings. The van der Waals surface area contributed by atoms with Crippen LogP contribution in [0.4, 0.5) is 0 Å². The number of nitrogens with zero attached hydrogens (tertiary/aromatic N) is 2. The van der Waals surface area contributed by atoms with Crippen molar-refractivity contribution in [1.82, 2.24) is 15.5 Å². The smallest absolute Gasteiger partial charge is 0.255 e. The Balaban J connectivity index is 0.00000300. The Hall–Kier alpha value is -1.55. The number of nitrogens with one attached hydrogen (secondary N) is 2. The normalized spacial score (nSPS) is 20.3. The van der Waals surface area contributed by atoms with Crippen molar-refractivity contribution < 1.29 is 9.53 Å². The fraction of sp³-hybridized carbons (Fsp3) is 0.619. The molecule has 1 unspecified atom stereocenters. The zero-order valence-electron chi connectivity index (χ0n) is 17.2. The Morgan fingerprint density at radius 3 is 2.83 bits per heavy atom. The maximum atomic E-state index is 10.9. The van der Waals surface area contributed by atoms with Crippen molar-refractivity contribution in [2.24, 2.45) is 10.7 Å². The summed E-state index contributed by atoms with van der Waals surface area (Å²) < 4.78 is 5.37. The van der Waals surface area contributed by atoms with Crippen LogP contribution in [0, 0.1) is 0 Å². The second-order valence-electron chi connectivity index (χ2n) is 7.66. The van der Waals surface area contributed by atoms with Crippen LogP contribution in [0.25, 0.3) is 0 Å². The zero-order chi connectivity index (χ0) is 19.8. The average Bonchev–Trinajstić information content (AvgIpc) is 3.37. The van der Waals surface area contributed by atoms with Gasteiger partial charge in [-0.2, -0.15) is 0 Å². The first-order chi connectivity index (χ1) is 13.6. The Labute approximate surface area is 190 Å². The van der Waals surface area contributed by atoms with Crippen LogP contribution in [0.1, 0.15) is 44.6 Å². The predicted molar refractivity (Wildman–Crippen MR) is 127 cm³/mol. The number of ether oxygens (including phenoxy) is 1. The maximum Gasteiger partial charge on any atom is 0.255 e. The van der Waals surface area contributed by atoms with E-state index in [0.717, 1.165) is 37.1 Å². The van der Waals surface area contributed by atoms with Gasteiger partial charge >= 0.3 is 0 Å². The van der Waals surface area contributed by atoms with Gasteiger partial charge in [-0.25, -0.2) is 4.99 Å². The molecule has 1 aliphatic heterocycles. The third kappa shape index (κ3) is 7.65. The molecule has 1 saturated carbocycles. The molecule has 1 atom stereocenters. The summed E-state index contributed by atoms with van der Waals surface area (Å²) in [7, 11) is 0. The summed E-state index contributed by atoms with van der Waals surface area (Å²) in [6, 6.07) is 8.85. The first-order valence-corrected chi connectivity index (χ1v) is 10.4. The average molecular weight is 515 g/mol. The van der Waals surface area contributed by atoms with Gasteiger partial charge in [0, 0.05) is 31.7 Å². The number of likely N-dealkylation sites (tertiary alicyclic amines) is 1. The molecular formula is C21H34IN5O2. The van der Waals surface area contributed by atoms with Gasteiger partial charge in [0.15, 0.2) is 12.6 Å². The molecule has 0 radical (unpaired) electrons. The number of halogens is 1. The van der Waals surface area contributed by atoms with Gasteiger partial charge in [0.1, 0.15) is 5.75 Å². The number of carbonyl (C=O) groups is 1. The Bertz CT molecular complexity index is 679. The number of primary amides is 1. The minimum Gasteiger partial charge on any atom is -0.484 e. The number of rotatable bonds is 8. The Morgan fingerprint density at radius 1 is 1.31 bits per heavy atom. The van der Waals surface area contributed by atoms with Gasteiger partial charge in [0.05, 0.1) is 6.54 Å². The van der Waals surface area contributed by atoms with Crippen molar-refractivity contribution in [3.8, 4) is 5.75 Å². The molecule has 3 rings (SSSR count). The highest BCUT2D eigenvalue weighted by atomic mass is 127. The van der Waals surface area contributed by atoms with Gasteiger partial charge in [-0.1, -0.05) is 25.0 Å². The lowest BCUT2D eigenvalue weighted by Crippen LogP contribution is -2.45. The highest BCUT2D eigenvalue weighted by Gasteiger charge is 2.30. The fourth-order valence-corrected chi connectivity index (χ4v) is 4.08. The first kappa shape index (κ1) is 23.7. The van der Waals surface area contributed by atoms with Gasteiger partial charge in [0.25, 0.3) is 5.91 Å². The molecule has 0 bridgehead atoms. The van der Waals surface area contributed by atoms with E-state index in [2.05, 4.69) is 22.5 Å². The minimum absolute atomic E-state index is 0. The van der Waals surface area contributed by atoms with Gasteiger partial charge in [0.2, 0.25) is 0 Å². The van der Waals surface area contributed by atoms with Crippen molar-refractivity contribution in [1.29, 1.82) is 0 Å². The van der Waals surface area contributed by atoms with Gasteiger partial charge in [-0.05, 0) is 43.9 Å². The van der Waals surface area contributed by atoms with E-state index in [1.807, 2.05) is 24.3 Å². The third-order valence-corrected chi connectivity index (χ3v) is 5.45. The molecule has 162 valence electrons. The van der Waals surface area contributed by atoms with Crippen molar-refractivity contribution in [2.75, 3.05) is 26.2 Å². The number of guanidine groups is 1. The lowest BCUT2D eigenvalue weighted by atomic mass is 10.2. The van der Waals surface area contributed by atoms with E-state index < -0.39 is 5.91 Å². The second-order valence-corrected chi connectivity index (χ2v) is 7.66. The number of nitrogens with two attached hydrogens (primary N) is 1. The van der Waals surface area contributed by atoms with E-state index in [1.54, 1.807) is 0 Å². The number of hydrogen-bond acceptors (Lipinski definition) is 4. The van der Waals surface area contributed by atoms with Crippen LogP contribution in [0.5, 0.6) is 5.75 Å². The molecule has 2 fully saturated rings. The lowest BCUT2D eigenvalue weighted by molar-refractivity contribution is -0.119. The molecule has 4 N–H and O–H groups in total. The van der Waals surface area contributed by atoms with Crippen LogP contribution in [-0.2, 0) is 11.3 Å². The molecule has 1 aromatic carbocycles. The van der Waals surface area contributed by atoms with Crippen LogP contribution in [0.3, 0.4) is 0 Å². The number of hydrogen-bond donors (Lipinski definition) is 3. The van der Waals surface area contributed by atoms with E-state index in [9.17, 15) is 4.79 Å². The minimum atomic E-state index is -0.481. The molecule has 1 amide bonds. The molecule has 7 nitrogen and oxygen atoms in total. The number of benzene rings is 1. The maximum absolute atomic E-state index is 10.9. The Morgan fingerprint density at radius 2 is 2.10 bits per heavy atom. The summed E-state index contributed by atoms with van der Waals surface area (Å²) in [4.78, 5) is 18.3. The van der Waals surface area contributed by atoms with Gasteiger partial charge in [-0.15, -0.1) is 24.0 Å². The van der Waals surface area contributed by atoms with Crippen LogP contribution in [0.15, 0.2) is 29.3 Å². The SMILES string of the molecule is CCNC(=NCc1cccc(OCC(N)=O)c1)NC1CCN(C2CCCC2)C1.I. The van der Waals surface area contributed by atoms with E-state index in [-0.39, 0.29) is 30.6 Å². The summed E-state index contributed by atoms with van der Waals surface area (Å²) in [5, 5.41) is 6.95. The summed E-state index contributed by atoms with van der Waals surface area (Å²) in [5.74, 6) is 1.00. The fourth-order valence-electron chi connectivity index (χ4n) is 4.08. The van der Waals surface area contributed by atoms with Crippen molar-refractivity contribution in [3.05, 3.63) is 29.8 Å². The quantitative estimate of drug-likeness (QED) is 0.281. The standard InChI is InChI=1S/C21H33N5O2.HI/c1-2-23-21(25-17-10-11-26(14-17)18-7-3-4-8-18)24-13-16-6-5-9-19(12-16)28-15-20(22)27;/h5-6,9,12,17-18H,2-4,7-8,10-11,13-15H2,1H3,(H2,22,27)(H2,23,24,25);1H. The van der Waals surface area contributed by atoms with Crippen molar-refractivity contribution >= 4 is 35.8 Å². The Kier molecular flexibility index (Phi) is 9.99. The molecule has 8 heteroatoms. The molecule has 1 saturated heterocycles. The summed E-state index contributed by atoms with van der Waals surface area (Å²) in [5.41, 5.74) is 6.16. The van der Waals surface area contributed by atoms with E-state index in [0.29, 0.717) is 18.3 Å². The summed E-state index contributed by atoms with van der Waals surface area (Å²) in [6.45, 7) is 5.62. The number of amides is 1. The van der Waals surface area contributed by atoms with Crippen LogP contribution in [0.2, 0.25) is 0 Å². The van der Waals surface area contributed by atoms with Gasteiger partial charge in [-0.3, -0.25) is 9.69 Å². The monoisotopic (exact) mass is 515 g/mol. The molecule has 0 aromatic heterocycles.